The van der Waals surface area contributed by atoms with Gasteiger partial charge < -0.3 is 11.1 Å². The molecule has 0 amide bonds. The molecule has 0 spiro atoms. The Morgan fingerprint density at radius 3 is 2.53 bits per heavy atom. The van der Waals surface area contributed by atoms with Crippen LogP contribution >= 0.6 is 11.3 Å². The zero-order valence-corrected chi connectivity index (χ0v) is 20.0. The number of carbonyl (C=O) groups excluding carboxylic acids is 1. The standard InChI is InChI=1S/C17H20N4OS.C7H6F3N/c1-10(18)14-5-12(6-20-17(14)19)7-21-4-3-13-15(11(2)22)9-23-16(13)8-21;1-5-2-6(4-11-3-5)7(8,9)10/h5-6,9,18H,3-4,7-8H2,1-2H3,(H2,19,20);2-4H,1H3. The zero-order valence-electron chi connectivity index (χ0n) is 19.2. The highest BCUT2D eigenvalue weighted by Crippen LogP contribution is 2.30. The van der Waals surface area contributed by atoms with E-state index in [0.717, 1.165) is 49.4 Å². The van der Waals surface area contributed by atoms with Gasteiger partial charge in [0.05, 0.1) is 5.56 Å². The number of rotatable bonds is 4. The number of thiophene rings is 1. The first kappa shape index (κ1) is 25.5. The molecule has 0 unspecified atom stereocenters. The maximum absolute atomic E-state index is 11.9. The predicted molar refractivity (Wildman–Crippen MR) is 127 cm³/mol. The Morgan fingerprint density at radius 2 is 1.94 bits per heavy atom. The molecule has 3 N–H and O–H groups in total. The molecule has 4 rings (SSSR count). The second kappa shape index (κ2) is 10.4. The van der Waals surface area contributed by atoms with Gasteiger partial charge in [0.25, 0.3) is 0 Å². The molecule has 3 aromatic heterocycles. The van der Waals surface area contributed by atoms with Gasteiger partial charge in [0.2, 0.25) is 0 Å². The fourth-order valence-electron chi connectivity index (χ4n) is 3.69. The molecule has 0 saturated carbocycles. The van der Waals surface area contributed by atoms with Gasteiger partial charge in [-0.3, -0.25) is 14.7 Å². The van der Waals surface area contributed by atoms with Crippen molar-refractivity contribution in [3.63, 3.8) is 0 Å². The smallest absolute Gasteiger partial charge is 0.383 e. The molecular formula is C24H26F3N5OS. The molecule has 0 aromatic carbocycles. The van der Waals surface area contributed by atoms with E-state index in [1.165, 1.54) is 16.6 Å². The molecule has 4 heterocycles. The Bertz CT molecular complexity index is 1210. The highest BCUT2D eigenvalue weighted by molar-refractivity contribution is 7.10. The topological polar surface area (TPSA) is 96.0 Å². The van der Waals surface area contributed by atoms with Crippen LogP contribution in [-0.2, 0) is 25.7 Å². The van der Waals surface area contributed by atoms with Crippen LogP contribution in [0.4, 0.5) is 19.0 Å². The Balaban J connectivity index is 0.000000248. The van der Waals surface area contributed by atoms with Gasteiger partial charge in [-0.1, -0.05) is 0 Å². The summed E-state index contributed by atoms with van der Waals surface area (Å²) in [6.07, 6.45) is 0.612. The predicted octanol–water partition coefficient (Wildman–Crippen LogP) is 5.28. The van der Waals surface area contributed by atoms with Crippen molar-refractivity contribution in [2.75, 3.05) is 12.3 Å². The number of nitrogens with one attached hydrogen (secondary N) is 1. The molecule has 0 fully saturated rings. The second-order valence-electron chi connectivity index (χ2n) is 8.22. The summed E-state index contributed by atoms with van der Waals surface area (Å²) in [4.78, 5) is 22.9. The molecular weight excluding hydrogens is 463 g/mol. The van der Waals surface area contributed by atoms with Gasteiger partial charge in [0.1, 0.15) is 5.82 Å². The van der Waals surface area contributed by atoms with Gasteiger partial charge in [-0.15, -0.1) is 11.3 Å². The Kier molecular flexibility index (Phi) is 7.83. The lowest BCUT2D eigenvalue weighted by molar-refractivity contribution is -0.137. The summed E-state index contributed by atoms with van der Waals surface area (Å²) in [5.74, 6) is 0.566. The number of hydrogen-bond donors (Lipinski definition) is 2. The SMILES string of the molecule is CC(=N)c1cc(CN2CCc3c(C(C)=O)csc3C2)cnc1N.Cc1cncc(C(F)(F)F)c1. The summed E-state index contributed by atoms with van der Waals surface area (Å²) in [6, 6.07) is 3.02. The third-order valence-corrected chi connectivity index (χ3v) is 6.41. The Hall–Kier alpha value is -3.11. The van der Waals surface area contributed by atoms with Gasteiger partial charge in [-0.2, -0.15) is 13.2 Å². The van der Waals surface area contributed by atoms with E-state index in [0.29, 0.717) is 22.7 Å². The second-order valence-corrected chi connectivity index (χ2v) is 9.18. The molecule has 34 heavy (non-hydrogen) atoms. The summed E-state index contributed by atoms with van der Waals surface area (Å²) in [5.41, 5.74) is 9.95. The number of ketones is 1. The fourth-order valence-corrected chi connectivity index (χ4v) is 4.87. The van der Waals surface area contributed by atoms with Gasteiger partial charge in [-0.25, -0.2) is 4.98 Å². The lowest BCUT2D eigenvalue weighted by Crippen LogP contribution is -2.29. The molecule has 0 radical (unpaired) electrons. The van der Waals surface area contributed by atoms with E-state index in [2.05, 4.69) is 14.9 Å². The van der Waals surface area contributed by atoms with Crippen LogP contribution in [0, 0.1) is 12.3 Å². The summed E-state index contributed by atoms with van der Waals surface area (Å²) in [6.45, 7) is 7.49. The molecule has 0 saturated heterocycles. The minimum atomic E-state index is -4.28. The number of pyridine rings is 2. The first-order valence-corrected chi connectivity index (χ1v) is 11.4. The van der Waals surface area contributed by atoms with Crippen LogP contribution < -0.4 is 5.73 Å². The first-order chi connectivity index (χ1) is 16.0. The average molecular weight is 490 g/mol. The van der Waals surface area contributed by atoms with E-state index in [4.69, 9.17) is 11.1 Å². The van der Waals surface area contributed by atoms with E-state index in [-0.39, 0.29) is 5.78 Å². The van der Waals surface area contributed by atoms with Crippen molar-refractivity contribution in [2.24, 2.45) is 0 Å². The third kappa shape index (κ3) is 6.27. The van der Waals surface area contributed by atoms with Crippen LogP contribution in [0.2, 0.25) is 0 Å². The summed E-state index contributed by atoms with van der Waals surface area (Å²) < 4.78 is 35.8. The van der Waals surface area contributed by atoms with Crippen molar-refractivity contribution in [2.45, 2.75) is 46.5 Å². The number of alkyl halides is 3. The Labute approximate surface area is 200 Å². The van der Waals surface area contributed by atoms with E-state index in [9.17, 15) is 18.0 Å². The molecule has 0 aliphatic carbocycles. The maximum Gasteiger partial charge on any atom is 0.417 e. The fraction of sp³-hybridized carbons (Fsp3) is 0.333. The monoisotopic (exact) mass is 489 g/mol. The number of carbonyl (C=O) groups is 1. The molecule has 180 valence electrons. The number of hydrogen-bond acceptors (Lipinski definition) is 7. The van der Waals surface area contributed by atoms with Crippen molar-refractivity contribution < 1.29 is 18.0 Å². The molecule has 1 aliphatic heterocycles. The molecule has 0 atom stereocenters. The largest absolute Gasteiger partial charge is 0.417 e. The van der Waals surface area contributed by atoms with E-state index in [1.54, 1.807) is 38.3 Å². The minimum absolute atomic E-state index is 0.157. The average Bonchev–Trinajstić information content (AvgIpc) is 3.18. The van der Waals surface area contributed by atoms with Crippen LogP contribution in [0.5, 0.6) is 0 Å². The van der Waals surface area contributed by atoms with Crippen molar-refractivity contribution >= 4 is 28.6 Å². The van der Waals surface area contributed by atoms with Crippen molar-refractivity contribution in [1.29, 1.82) is 5.41 Å². The Morgan fingerprint density at radius 1 is 1.21 bits per heavy atom. The lowest BCUT2D eigenvalue weighted by atomic mass is 10.0. The summed E-state index contributed by atoms with van der Waals surface area (Å²) >= 11 is 1.67. The van der Waals surface area contributed by atoms with Crippen LogP contribution in [0.25, 0.3) is 0 Å². The normalized spacial score (nSPS) is 13.6. The van der Waals surface area contributed by atoms with Gasteiger partial charge in [0, 0.05) is 65.3 Å². The van der Waals surface area contributed by atoms with Crippen LogP contribution in [0.1, 0.15) is 56.9 Å². The first-order valence-electron chi connectivity index (χ1n) is 10.6. The number of aromatic nitrogens is 2. The third-order valence-electron chi connectivity index (χ3n) is 5.39. The molecule has 3 aromatic rings. The molecule has 10 heteroatoms. The van der Waals surface area contributed by atoms with Crippen LogP contribution in [-0.4, -0.2) is 32.9 Å². The molecule has 6 nitrogen and oxygen atoms in total. The highest BCUT2D eigenvalue weighted by atomic mass is 32.1. The quantitative estimate of drug-likeness (QED) is 0.384. The van der Waals surface area contributed by atoms with Crippen molar-refractivity contribution in [1.82, 2.24) is 14.9 Å². The van der Waals surface area contributed by atoms with Crippen molar-refractivity contribution in [3.05, 3.63) is 74.4 Å². The number of nitrogens with zero attached hydrogens (tertiary/aromatic N) is 3. The number of aryl methyl sites for hydroxylation is 1. The summed E-state index contributed by atoms with van der Waals surface area (Å²) in [5, 5.41) is 9.75. The summed E-state index contributed by atoms with van der Waals surface area (Å²) in [7, 11) is 0. The number of anilines is 1. The van der Waals surface area contributed by atoms with Crippen LogP contribution in [0.15, 0.2) is 36.1 Å². The van der Waals surface area contributed by atoms with Crippen molar-refractivity contribution in [3.8, 4) is 0 Å². The van der Waals surface area contributed by atoms with Gasteiger partial charge >= 0.3 is 6.18 Å². The number of Topliss-reactive ketones (excluding diaryl/α,β-unsaturated/α-hetero) is 1. The number of halogens is 3. The van der Waals surface area contributed by atoms with Gasteiger partial charge in [-0.05, 0) is 56.0 Å². The van der Waals surface area contributed by atoms with E-state index < -0.39 is 11.7 Å². The molecule has 0 bridgehead atoms. The van der Waals surface area contributed by atoms with E-state index >= 15 is 0 Å². The van der Waals surface area contributed by atoms with E-state index in [1.807, 2.05) is 11.4 Å². The number of nitrogens with two attached hydrogens (primary N) is 1. The van der Waals surface area contributed by atoms with Crippen LogP contribution in [0.3, 0.4) is 0 Å². The molecule has 1 aliphatic rings. The minimum Gasteiger partial charge on any atom is -0.383 e. The maximum atomic E-state index is 11.9. The zero-order chi connectivity index (χ0) is 25.0. The highest BCUT2D eigenvalue weighted by Gasteiger charge is 2.30. The number of fused-ring (bicyclic) bond motifs is 1. The number of nitrogen functional groups attached to an aromatic ring is 1. The van der Waals surface area contributed by atoms with Gasteiger partial charge in [0.15, 0.2) is 5.78 Å². The lowest BCUT2D eigenvalue weighted by Gasteiger charge is -2.27.